The van der Waals surface area contributed by atoms with Gasteiger partial charge in [-0.2, -0.15) is 0 Å². The van der Waals surface area contributed by atoms with Crippen LogP contribution in [0, 0.1) is 0 Å². The van der Waals surface area contributed by atoms with Crippen LogP contribution in [-0.2, 0) is 6.42 Å². The van der Waals surface area contributed by atoms with Crippen LogP contribution in [-0.4, -0.2) is 0 Å². The predicted molar refractivity (Wildman–Crippen MR) is 96.6 cm³/mol. The lowest BCUT2D eigenvalue weighted by Crippen LogP contribution is -1.84. The van der Waals surface area contributed by atoms with Crippen molar-refractivity contribution in [2.24, 2.45) is 0 Å². The minimum atomic E-state index is 1.06. The van der Waals surface area contributed by atoms with E-state index in [9.17, 15) is 0 Å². The van der Waals surface area contributed by atoms with E-state index in [2.05, 4.69) is 72.8 Å². The Morgan fingerprint density at radius 2 is 1.17 bits per heavy atom. The van der Waals surface area contributed by atoms with Crippen molar-refractivity contribution in [2.75, 3.05) is 0 Å². The highest BCUT2D eigenvalue weighted by molar-refractivity contribution is 6.16. The summed E-state index contributed by atoms with van der Waals surface area (Å²) in [4.78, 5) is 0. The van der Waals surface area contributed by atoms with Crippen molar-refractivity contribution in [2.45, 2.75) is 6.42 Å². The second-order valence-corrected chi connectivity index (χ2v) is 6.60. The Morgan fingerprint density at radius 1 is 0.478 bits per heavy atom. The van der Waals surface area contributed by atoms with Gasteiger partial charge >= 0.3 is 0 Å². The molecule has 0 saturated heterocycles. The average Bonchev–Trinajstić information content (AvgIpc) is 3.11. The van der Waals surface area contributed by atoms with E-state index in [0.717, 1.165) is 6.42 Å². The zero-order valence-electron chi connectivity index (χ0n) is 12.6. The van der Waals surface area contributed by atoms with Gasteiger partial charge in [0.2, 0.25) is 0 Å². The third-order valence-corrected chi connectivity index (χ3v) is 5.42. The van der Waals surface area contributed by atoms with Crippen molar-refractivity contribution < 1.29 is 0 Å². The van der Waals surface area contributed by atoms with Crippen LogP contribution in [0.3, 0.4) is 0 Å². The molecule has 0 heterocycles. The summed E-state index contributed by atoms with van der Waals surface area (Å²) in [5.41, 5.74) is 11.3. The molecule has 0 radical (unpaired) electrons. The molecule has 0 saturated carbocycles. The fourth-order valence-electron chi connectivity index (χ4n) is 4.42. The topological polar surface area (TPSA) is 0 Å². The monoisotopic (exact) mass is 290 g/mol. The van der Waals surface area contributed by atoms with Crippen molar-refractivity contribution >= 4 is 10.8 Å². The van der Waals surface area contributed by atoms with Crippen LogP contribution in [0.15, 0.2) is 72.8 Å². The summed E-state index contributed by atoms with van der Waals surface area (Å²) < 4.78 is 0. The zero-order chi connectivity index (χ0) is 15.0. The molecule has 106 valence electrons. The summed E-state index contributed by atoms with van der Waals surface area (Å²) in [5.74, 6) is 0. The van der Waals surface area contributed by atoms with Crippen molar-refractivity contribution in [1.29, 1.82) is 0 Å². The molecule has 0 spiro atoms. The maximum atomic E-state index is 2.43. The second-order valence-electron chi connectivity index (χ2n) is 6.60. The molecule has 0 fully saturated rings. The molecule has 0 bridgehead atoms. The molecule has 4 aromatic rings. The maximum Gasteiger partial charge on any atom is -0.00132 e. The quantitative estimate of drug-likeness (QED) is 0.319. The number of hydrogen-bond donors (Lipinski definition) is 0. The van der Waals surface area contributed by atoms with Gasteiger partial charge in [-0.1, -0.05) is 60.7 Å². The molecule has 0 N–H and O–H groups in total. The molecule has 0 aliphatic heterocycles. The largest absolute Gasteiger partial charge is 0.0619 e. The summed E-state index contributed by atoms with van der Waals surface area (Å²) in [6.07, 6.45) is 1.06. The summed E-state index contributed by atoms with van der Waals surface area (Å²) in [6.45, 7) is 0. The van der Waals surface area contributed by atoms with E-state index in [1.165, 1.54) is 55.3 Å². The minimum absolute atomic E-state index is 1.06. The van der Waals surface area contributed by atoms with Crippen LogP contribution in [0.5, 0.6) is 0 Å². The molecule has 0 nitrogen and oxygen atoms in total. The lowest BCUT2D eigenvalue weighted by Gasteiger charge is -2.07. The number of fused-ring (bicyclic) bond motifs is 6. The van der Waals surface area contributed by atoms with Gasteiger partial charge in [-0.15, -0.1) is 0 Å². The maximum absolute atomic E-state index is 2.43. The molecule has 0 atom stereocenters. The molecule has 23 heavy (non-hydrogen) atoms. The standard InChI is InChI=1S/C23H14/c1-2-8-17-15(5-1)11-16-12-21-18-9-3-6-14-7-4-10-19(23(14)18)22(21)13-20(16)17/h1-10,12-13H,11H2. The van der Waals surface area contributed by atoms with Gasteiger partial charge in [0.1, 0.15) is 0 Å². The van der Waals surface area contributed by atoms with Crippen molar-refractivity contribution in [1.82, 2.24) is 0 Å². The van der Waals surface area contributed by atoms with Gasteiger partial charge in [0.25, 0.3) is 0 Å². The Labute approximate surface area is 135 Å². The summed E-state index contributed by atoms with van der Waals surface area (Å²) >= 11 is 0. The molecule has 0 amide bonds. The van der Waals surface area contributed by atoms with Crippen LogP contribution >= 0.6 is 0 Å². The first-order valence-electron chi connectivity index (χ1n) is 8.18. The Kier molecular flexibility index (Phi) is 1.98. The summed E-state index contributed by atoms with van der Waals surface area (Å²) in [7, 11) is 0. The Balaban J connectivity index is 1.73. The van der Waals surface area contributed by atoms with Gasteiger partial charge in [-0.3, -0.25) is 0 Å². The van der Waals surface area contributed by atoms with E-state index in [0.29, 0.717) is 0 Å². The second kappa shape index (κ2) is 3.91. The number of benzene rings is 4. The smallest absolute Gasteiger partial charge is 0.00132 e. The first-order chi connectivity index (χ1) is 11.4. The fraction of sp³-hybridized carbons (Fsp3) is 0.0435. The van der Waals surface area contributed by atoms with Crippen LogP contribution in [0.4, 0.5) is 0 Å². The Hall–Kier alpha value is -2.86. The van der Waals surface area contributed by atoms with E-state index in [1.807, 2.05) is 0 Å². The Bertz CT molecular complexity index is 1130. The van der Waals surface area contributed by atoms with Crippen LogP contribution in [0.2, 0.25) is 0 Å². The van der Waals surface area contributed by atoms with Crippen molar-refractivity contribution in [3.05, 3.63) is 83.9 Å². The van der Waals surface area contributed by atoms with Gasteiger partial charge in [-0.05, 0) is 73.8 Å². The highest BCUT2D eigenvalue weighted by Gasteiger charge is 2.26. The predicted octanol–water partition coefficient (Wildman–Crippen LogP) is 6.06. The molecular formula is C23H14. The highest BCUT2D eigenvalue weighted by atomic mass is 14.3. The molecule has 2 aliphatic rings. The van der Waals surface area contributed by atoms with Crippen molar-refractivity contribution in [3.63, 3.8) is 0 Å². The van der Waals surface area contributed by atoms with Gasteiger partial charge in [0.15, 0.2) is 0 Å². The molecule has 4 aromatic carbocycles. The minimum Gasteiger partial charge on any atom is -0.0619 e. The third-order valence-electron chi connectivity index (χ3n) is 5.42. The molecule has 0 unspecified atom stereocenters. The molecular weight excluding hydrogens is 276 g/mol. The number of hydrogen-bond acceptors (Lipinski definition) is 0. The fourth-order valence-corrected chi connectivity index (χ4v) is 4.42. The summed E-state index contributed by atoms with van der Waals surface area (Å²) in [6, 6.07) is 27.0. The normalized spacial score (nSPS) is 13.0. The average molecular weight is 290 g/mol. The van der Waals surface area contributed by atoms with Crippen molar-refractivity contribution in [3.8, 4) is 33.4 Å². The Morgan fingerprint density at radius 3 is 2.00 bits per heavy atom. The van der Waals surface area contributed by atoms with Gasteiger partial charge in [0, 0.05) is 0 Å². The van der Waals surface area contributed by atoms with E-state index in [-0.39, 0.29) is 0 Å². The van der Waals surface area contributed by atoms with E-state index in [1.54, 1.807) is 0 Å². The highest BCUT2D eigenvalue weighted by Crippen LogP contribution is 2.50. The van der Waals surface area contributed by atoms with E-state index < -0.39 is 0 Å². The zero-order valence-corrected chi connectivity index (χ0v) is 12.6. The first kappa shape index (κ1) is 11.7. The third kappa shape index (κ3) is 1.37. The lowest BCUT2D eigenvalue weighted by atomic mass is 9.96. The number of rotatable bonds is 0. The van der Waals surface area contributed by atoms with Gasteiger partial charge in [-0.25, -0.2) is 0 Å². The van der Waals surface area contributed by atoms with Crippen LogP contribution < -0.4 is 0 Å². The lowest BCUT2D eigenvalue weighted by molar-refractivity contribution is 1.26. The molecule has 2 aliphatic carbocycles. The molecule has 0 aromatic heterocycles. The van der Waals surface area contributed by atoms with Crippen LogP contribution in [0.1, 0.15) is 11.1 Å². The molecule has 6 rings (SSSR count). The summed E-state index contributed by atoms with van der Waals surface area (Å²) in [5, 5.41) is 2.76. The van der Waals surface area contributed by atoms with E-state index in [4.69, 9.17) is 0 Å². The van der Waals surface area contributed by atoms with Crippen LogP contribution in [0.25, 0.3) is 44.2 Å². The SMILES string of the molecule is c1ccc2c(c1)Cc1cc3c(cc1-2)-c1cccc2cccc-3c12. The first-order valence-corrected chi connectivity index (χ1v) is 8.18. The van der Waals surface area contributed by atoms with E-state index >= 15 is 0 Å². The van der Waals surface area contributed by atoms with Gasteiger partial charge in [0.05, 0.1) is 0 Å². The molecule has 0 heteroatoms. The van der Waals surface area contributed by atoms with Gasteiger partial charge < -0.3 is 0 Å².